The molecule has 0 saturated heterocycles. The van der Waals surface area contributed by atoms with Gasteiger partial charge in [0.05, 0.1) is 0 Å². The zero-order valence-electron chi connectivity index (χ0n) is 13.7. The number of nitroso groups, excluding NO2 is 1. The largest absolute Gasteiger partial charge is 0.323 e. The molecule has 124 valence electrons. The number of carbonyl (C=O) groups is 2. The molecule has 2 aromatic rings. The summed E-state index contributed by atoms with van der Waals surface area (Å²) >= 11 is 0. The maximum Gasteiger partial charge on any atom is 0.323 e. The van der Waals surface area contributed by atoms with E-state index in [1.54, 1.807) is 50.4 Å². The van der Waals surface area contributed by atoms with E-state index in [1.165, 1.54) is 17.9 Å². The number of nitrogens with one attached hydrogen (secondary N) is 2. The van der Waals surface area contributed by atoms with Crippen LogP contribution < -0.4 is 15.5 Å². The van der Waals surface area contributed by atoms with Crippen LogP contribution in [0, 0.1) is 11.8 Å². The van der Waals surface area contributed by atoms with Crippen LogP contribution in [0.3, 0.4) is 0 Å². The fourth-order valence-electron chi connectivity index (χ4n) is 2.03. The number of benzene rings is 2. The lowest BCUT2D eigenvalue weighted by molar-refractivity contribution is -0.116. The Morgan fingerprint density at radius 1 is 1.00 bits per heavy atom. The number of carbonyl (C=O) groups excluding carboxylic acids is 2. The van der Waals surface area contributed by atoms with E-state index < -0.39 is 6.03 Å². The maximum absolute atomic E-state index is 12.0. The number of hydrogen-bond donors (Lipinski definition) is 2. The van der Waals surface area contributed by atoms with Gasteiger partial charge in [-0.3, -0.25) is 4.79 Å². The highest BCUT2D eigenvalue weighted by Gasteiger charge is 2.07. The predicted octanol–water partition coefficient (Wildman–Crippen LogP) is 4.02. The number of hydrogen-bond acceptors (Lipinski definition) is 4. The molecule has 2 aromatic carbocycles. The molecule has 0 heterocycles. The van der Waals surface area contributed by atoms with Crippen LogP contribution in [0.25, 0.3) is 0 Å². The minimum Gasteiger partial charge on any atom is -0.316 e. The van der Waals surface area contributed by atoms with Crippen molar-refractivity contribution in [2.75, 3.05) is 22.6 Å². The molecule has 0 fully saturated rings. The predicted molar refractivity (Wildman–Crippen MR) is 94.8 cm³/mol. The van der Waals surface area contributed by atoms with Gasteiger partial charge < -0.3 is 15.5 Å². The quantitative estimate of drug-likeness (QED) is 0.831. The summed E-state index contributed by atoms with van der Waals surface area (Å²) in [5.74, 6) is -0.0765. The topological polar surface area (TPSA) is 90.9 Å². The third-order valence-corrected chi connectivity index (χ3v) is 3.55. The molecule has 7 heteroatoms. The van der Waals surface area contributed by atoms with Crippen molar-refractivity contribution >= 4 is 34.7 Å². The molecule has 0 saturated carbocycles. The van der Waals surface area contributed by atoms with Gasteiger partial charge in [-0.2, -0.15) is 0 Å². The molecule has 24 heavy (non-hydrogen) atoms. The van der Waals surface area contributed by atoms with Crippen molar-refractivity contribution in [2.24, 2.45) is 5.18 Å². The Hall–Kier alpha value is -3.22. The van der Waals surface area contributed by atoms with Crippen LogP contribution >= 0.6 is 0 Å². The molecular formula is C17H18N4O3. The van der Waals surface area contributed by atoms with Gasteiger partial charge >= 0.3 is 6.03 Å². The van der Waals surface area contributed by atoms with Crippen LogP contribution in [0.1, 0.15) is 12.5 Å². The average molecular weight is 326 g/mol. The Kier molecular flexibility index (Phi) is 5.26. The van der Waals surface area contributed by atoms with Crippen molar-refractivity contribution in [3.05, 3.63) is 52.9 Å². The first-order valence-corrected chi connectivity index (χ1v) is 7.27. The lowest BCUT2D eigenvalue weighted by atomic mass is 10.2. The molecule has 2 rings (SSSR count). The number of rotatable bonds is 4. The smallest absolute Gasteiger partial charge is 0.316 e. The molecule has 0 bridgehead atoms. The van der Waals surface area contributed by atoms with Gasteiger partial charge in [0, 0.05) is 31.0 Å². The molecule has 0 aliphatic heterocycles. The molecule has 0 aliphatic carbocycles. The fourth-order valence-corrected chi connectivity index (χ4v) is 2.03. The lowest BCUT2D eigenvalue weighted by Gasteiger charge is -2.15. The third-order valence-electron chi connectivity index (χ3n) is 3.55. The van der Waals surface area contributed by atoms with Gasteiger partial charge in [-0.15, -0.1) is 4.91 Å². The Morgan fingerprint density at radius 3 is 2.17 bits per heavy atom. The van der Waals surface area contributed by atoms with Crippen LogP contribution in [-0.4, -0.2) is 19.0 Å². The van der Waals surface area contributed by atoms with Gasteiger partial charge in [0.2, 0.25) is 5.91 Å². The first-order chi connectivity index (χ1) is 11.4. The Labute approximate surface area is 139 Å². The van der Waals surface area contributed by atoms with Gasteiger partial charge in [-0.05, 0) is 54.1 Å². The van der Waals surface area contributed by atoms with Crippen LogP contribution in [0.15, 0.2) is 47.6 Å². The first-order valence-electron chi connectivity index (χ1n) is 7.27. The first kappa shape index (κ1) is 17.1. The second kappa shape index (κ2) is 7.36. The molecule has 2 N–H and O–H groups in total. The molecule has 0 atom stereocenters. The Morgan fingerprint density at radius 2 is 1.58 bits per heavy atom. The van der Waals surface area contributed by atoms with Crippen LogP contribution in [0.2, 0.25) is 0 Å². The molecule has 0 aliphatic rings. The van der Waals surface area contributed by atoms with Gasteiger partial charge in [0.1, 0.15) is 5.69 Å². The minimum atomic E-state index is -0.441. The number of urea groups is 1. The summed E-state index contributed by atoms with van der Waals surface area (Å²) < 4.78 is 0. The van der Waals surface area contributed by atoms with Crippen molar-refractivity contribution in [3.63, 3.8) is 0 Å². The van der Waals surface area contributed by atoms with E-state index in [2.05, 4.69) is 15.8 Å². The van der Waals surface area contributed by atoms with Gasteiger partial charge in [-0.1, -0.05) is 6.07 Å². The van der Waals surface area contributed by atoms with Crippen LogP contribution in [0.4, 0.5) is 27.5 Å². The molecule has 0 unspecified atom stereocenters. The highest BCUT2D eigenvalue weighted by atomic mass is 16.3. The van der Waals surface area contributed by atoms with Gasteiger partial charge in [0.25, 0.3) is 0 Å². The standard InChI is InChI=1S/C17H18N4O3/c1-11-4-5-14(10-16(11)20-24)19-17(23)18-13-6-8-15(9-7-13)21(3)12(2)22/h4-10H,1-3H3,(H2,18,19,23). The van der Waals surface area contributed by atoms with E-state index in [1.807, 2.05) is 0 Å². The zero-order valence-corrected chi connectivity index (χ0v) is 13.7. The summed E-state index contributed by atoms with van der Waals surface area (Å²) in [6.07, 6.45) is 0. The Bertz CT molecular complexity index is 772. The molecule has 7 nitrogen and oxygen atoms in total. The van der Waals surface area contributed by atoms with E-state index >= 15 is 0 Å². The van der Waals surface area contributed by atoms with Gasteiger partial charge in [0.15, 0.2) is 0 Å². The van der Waals surface area contributed by atoms with Crippen LogP contribution in [-0.2, 0) is 4.79 Å². The van der Waals surface area contributed by atoms with E-state index in [0.29, 0.717) is 11.4 Å². The summed E-state index contributed by atoms with van der Waals surface area (Å²) in [6, 6.07) is 11.3. The summed E-state index contributed by atoms with van der Waals surface area (Å²) in [7, 11) is 1.67. The molecule has 0 aromatic heterocycles. The highest BCUT2D eigenvalue weighted by molar-refractivity contribution is 6.00. The van der Waals surface area contributed by atoms with Gasteiger partial charge in [-0.25, -0.2) is 4.79 Å². The van der Waals surface area contributed by atoms with E-state index in [9.17, 15) is 14.5 Å². The summed E-state index contributed by atoms with van der Waals surface area (Å²) in [4.78, 5) is 35.5. The van der Waals surface area contributed by atoms with E-state index in [-0.39, 0.29) is 11.6 Å². The van der Waals surface area contributed by atoms with Crippen LogP contribution in [0.5, 0.6) is 0 Å². The fraction of sp³-hybridized carbons (Fsp3) is 0.176. The lowest BCUT2D eigenvalue weighted by Crippen LogP contribution is -2.23. The minimum absolute atomic E-state index is 0.0765. The SMILES string of the molecule is CC(=O)N(C)c1ccc(NC(=O)Nc2ccc(C)c(N=O)c2)cc1. The summed E-state index contributed by atoms with van der Waals surface area (Å²) in [6.45, 7) is 3.24. The van der Waals surface area contributed by atoms with Crippen molar-refractivity contribution in [3.8, 4) is 0 Å². The number of amides is 3. The summed E-state index contributed by atoms with van der Waals surface area (Å²) in [5.41, 5.74) is 2.80. The zero-order chi connectivity index (χ0) is 17.7. The van der Waals surface area contributed by atoms with Crippen molar-refractivity contribution < 1.29 is 9.59 Å². The summed E-state index contributed by atoms with van der Waals surface area (Å²) in [5, 5.41) is 8.22. The number of aryl methyl sites for hydroxylation is 1. The normalized spacial score (nSPS) is 9.96. The van der Waals surface area contributed by atoms with E-state index in [0.717, 1.165) is 11.3 Å². The van der Waals surface area contributed by atoms with Crippen molar-refractivity contribution in [2.45, 2.75) is 13.8 Å². The number of anilines is 3. The molecular weight excluding hydrogens is 308 g/mol. The van der Waals surface area contributed by atoms with Crippen molar-refractivity contribution in [1.82, 2.24) is 0 Å². The Balaban J connectivity index is 2.02. The number of nitrogens with zero attached hydrogens (tertiary/aromatic N) is 2. The second-order valence-electron chi connectivity index (χ2n) is 5.30. The highest BCUT2D eigenvalue weighted by Crippen LogP contribution is 2.23. The molecule has 0 spiro atoms. The second-order valence-corrected chi connectivity index (χ2v) is 5.30. The molecule has 3 amide bonds. The van der Waals surface area contributed by atoms with E-state index in [4.69, 9.17) is 0 Å². The maximum atomic E-state index is 12.0. The molecule has 0 radical (unpaired) electrons. The average Bonchev–Trinajstić information content (AvgIpc) is 2.56. The third kappa shape index (κ3) is 4.16. The van der Waals surface area contributed by atoms with Crippen molar-refractivity contribution in [1.29, 1.82) is 0 Å². The monoisotopic (exact) mass is 326 g/mol.